The van der Waals surface area contributed by atoms with Crippen LogP contribution in [-0.4, -0.2) is 70.4 Å². The second-order valence-electron chi connectivity index (χ2n) is 14.1. The molecule has 7 unspecified atom stereocenters. The van der Waals surface area contributed by atoms with E-state index in [1.165, 1.54) is 12.1 Å². The van der Waals surface area contributed by atoms with Crippen LogP contribution in [-0.2, 0) is 30.3 Å². The van der Waals surface area contributed by atoms with Crippen LogP contribution >= 0.6 is 0 Å². The molecule has 0 bridgehead atoms. The highest BCUT2D eigenvalue weighted by Gasteiger charge is 2.68. The molecule has 4 aliphatic rings. The summed E-state index contributed by atoms with van der Waals surface area (Å²) < 4.78 is 31.1. The van der Waals surface area contributed by atoms with Crippen molar-refractivity contribution in [2.75, 3.05) is 12.4 Å². The van der Waals surface area contributed by atoms with Crippen molar-refractivity contribution in [1.82, 2.24) is 0 Å². The molecule has 3 saturated carbocycles. The number of phenols is 1. The predicted octanol–water partition coefficient (Wildman–Crippen LogP) is 4.97. The maximum atomic E-state index is 13.6. The number of aromatic carboxylic acids is 1. The summed E-state index contributed by atoms with van der Waals surface area (Å²) in [5.74, 6) is -3.28. The average Bonchev–Trinajstić information content (AvgIpc) is 3.33. The van der Waals surface area contributed by atoms with E-state index in [0.717, 1.165) is 18.1 Å². The largest absolute Gasteiger partial charge is 0.507 e. The van der Waals surface area contributed by atoms with Crippen molar-refractivity contribution in [3.63, 3.8) is 0 Å². The molecule has 3 fully saturated rings. The lowest BCUT2D eigenvalue weighted by molar-refractivity contribution is -0.178. The van der Waals surface area contributed by atoms with Gasteiger partial charge in [-0.1, -0.05) is 43.7 Å². The smallest absolute Gasteiger partial charge is 0.339 e. The number of azo groups is 1. The number of nitrogens with zero attached hydrogens (tertiary/aromatic N) is 2. The third-order valence-corrected chi connectivity index (χ3v) is 12.8. The summed E-state index contributed by atoms with van der Waals surface area (Å²) in [7, 11) is -4.23. The highest BCUT2D eigenvalue weighted by molar-refractivity contribution is 7.86. The summed E-state index contributed by atoms with van der Waals surface area (Å²) in [4.78, 5) is 37.0. The normalized spacial score (nSPS) is 32.3. The van der Waals surface area contributed by atoms with Crippen LogP contribution in [0.2, 0.25) is 0 Å². The lowest BCUT2D eigenvalue weighted by Crippen LogP contribution is -2.61. The molecule has 4 N–H and O–H groups in total. The zero-order chi connectivity index (χ0) is 35.4. The molecule has 0 heterocycles. The summed E-state index contributed by atoms with van der Waals surface area (Å²) in [6.07, 6.45) is 6.49. The summed E-state index contributed by atoms with van der Waals surface area (Å²) in [6.45, 7) is 3.02. The van der Waals surface area contributed by atoms with E-state index in [0.29, 0.717) is 24.1 Å². The van der Waals surface area contributed by atoms with Crippen LogP contribution in [0.1, 0.15) is 61.9 Å². The first-order valence-electron chi connectivity index (χ1n) is 16.4. The Morgan fingerprint density at radius 1 is 1.08 bits per heavy atom. The second kappa shape index (κ2) is 12.7. The maximum Gasteiger partial charge on any atom is 0.339 e. The number of ketones is 2. The topological polar surface area (TPSA) is 200 Å². The molecular formula is C36H40N2O10S. The molecular weight excluding hydrogens is 652 g/mol. The van der Waals surface area contributed by atoms with Gasteiger partial charge in [-0.25, -0.2) is 4.79 Å². The number of aliphatic hydroxyl groups excluding tert-OH is 1. The first kappa shape index (κ1) is 34.8. The number of aliphatic hydroxyl groups is 2. The molecule has 6 rings (SSSR count). The molecule has 0 radical (unpaired) electrons. The van der Waals surface area contributed by atoms with E-state index in [4.69, 9.17) is 4.18 Å². The fourth-order valence-corrected chi connectivity index (χ4v) is 9.91. The molecule has 0 amide bonds. The zero-order valence-corrected chi connectivity index (χ0v) is 28.1. The number of benzene rings is 2. The molecule has 0 aliphatic heterocycles. The Labute approximate surface area is 284 Å². The number of rotatable bonds is 10. The van der Waals surface area contributed by atoms with Gasteiger partial charge < -0.3 is 20.4 Å². The minimum Gasteiger partial charge on any atom is -0.507 e. The second-order valence-corrected chi connectivity index (χ2v) is 15.9. The molecule has 2 aromatic rings. The van der Waals surface area contributed by atoms with Gasteiger partial charge >= 0.3 is 5.97 Å². The van der Waals surface area contributed by atoms with Crippen LogP contribution in [0.4, 0.5) is 11.4 Å². The number of aryl methyl sites for hydroxylation is 1. The van der Waals surface area contributed by atoms with Crippen LogP contribution in [0.25, 0.3) is 0 Å². The van der Waals surface area contributed by atoms with E-state index in [-0.39, 0.29) is 54.1 Å². The fraction of sp³-hybridized carbons (Fsp3) is 0.472. The number of allylic oxidation sites excluding steroid dienone is 4. The molecule has 12 nitrogen and oxygen atoms in total. The van der Waals surface area contributed by atoms with Crippen LogP contribution in [0.5, 0.6) is 5.75 Å². The van der Waals surface area contributed by atoms with Gasteiger partial charge in [-0.15, -0.1) is 0 Å². The Hall–Kier alpha value is -4.04. The van der Waals surface area contributed by atoms with Crippen LogP contribution in [0.15, 0.2) is 76.5 Å². The van der Waals surface area contributed by atoms with Crippen molar-refractivity contribution in [1.29, 1.82) is 0 Å². The highest BCUT2D eigenvalue weighted by Crippen LogP contribution is 2.67. The van der Waals surface area contributed by atoms with Gasteiger partial charge in [0.25, 0.3) is 10.1 Å². The van der Waals surface area contributed by atoms with Crippen molar-refractivity contribution in [3.05, 3.63) is 77.4 Å². The molecule has 7 atom stereocenters. The number of hydrogen-bond donors (Lipinski definition) is 4. The van der Waals surface area contributed by atoms with Crippen molar-refractivity contribution in [2.45, 2.75) is 64.1 Å². The SMILES string of the molecule is CC12C=CC(=O)C=C1CCC1C2C(O)CC2(C)C1CCC2(O)C(=O)COS(=O)(=O)CCc1ccccc1/N=N/c1ccc(O)c(C(=O)O)c1. The first-order chi connectivity index (χ1) is 23.1. The number of carbonyl (C=O) groups excluding carboxylic acids is 2. The third kappa shape index (κ3) is 6.17. The number of carboxylic acid groups (broad SMARTS) is 1. The van der Waals surface area contributed by atoms with E-state index < -0.39 is 62.5 Å². The third-order valence-electron chi connectivity index (χ3n) is 11.6. The van der Waals surface area contributed by atoms with Gasteiger partial charge in [0, 0.05) is 16.7 Å². The van der Waals surface area contributed by atoms with Gasteiger partial charge in [-0.2, -0.15) is 18.6 Å². The predicted molar refractivity (Wildman–Crippen MR) is 177 cm³/mol. The van der Waals surface area contributed by atoms with Crippen molar-refractivity contribution < 1.29 is 47.4 Å². The highest BCUT2D eigenvalue weighted by atomic mass is 32.2. The summed E-state index contributed by atoms with van der Waals surface area (Å²) in [5.41, 5.74) is -1.68. The van der Waals surface area contributed by atoms with Gasteiger partial charge in [-0.3, -0.25) is 13.8 Å². The van der Waals surface area contributed by atoms with Crippen LogP contribution < -0.4 is 0 Å². The quantitative estimate of drug-likeness (QED) is 0.195. The van der Waals surface area contributed by atoms with Gasteiger partial charge in [-0.05, 0) is 92.3 Å². The van der Waals surface area contributed by atoms with E-state index in [2.05, 4.69) is 10.2 Å². The van der Waals surface area contributed by atoms with E-state index in [1.807, 2.05) is 19.9 Å². The van der Waals surface area contributed by atoms with Crippen molar-refractivity contribution >= 4 is 39.0 Å². The summed E-state index contributed by atoms with van der Waals surface area (Å²) in [5, 5.41) is 50.6. The Balaban J connectivity index is 1.11. The maximum absolute atomic E-state index is 13.6. The minimum absolute atomic E-state index is 0.00528. The molecule has 49 heavy (non-hydrogen) atoms. The Morgan fingerprint density at radius 2 is 1.84 bits per heavy atom. The van der Waals surface area contributed by atoms with Crippen molar-refractivity contribution in [2.24, 2.45) is 38.8 Å². The number of fused-ring (bicyclic) bond motifs is 5. The van der Waals surface area contributed by atoms with Crippen molar-refractivity contribution in [3.8, 4) is 5.75 Å². The average molecular weight is 693 g/mol. The number of hydrogen-bond acceptors (Lipinski definition) is 11. The fourth-order valence-electron chi connectivity index (χ4n) is 9.03. The molecule has 0 saturated heterocycles. The molecule has 0 aromatic heterocycles. The molecule has 13 heteroatoms. The zero-order valence-electron chi connectivity index (χ0n) is 27.3. The van der Waals surface area contributed by atoms with E-state index in [1.54, 1.807) is 36.4 Å². The molecule has 0 spiro atoms. The van der Waals surface area contributed by atoms with E-state index in [9.17, 15) is 43.2 Å². The van der Waals surface area contributed by atoms with E-state index >= 15 is 0 Å². The number of aromatic hydroxyl groups is 1. The van der Waals surface area contributed by atoms with Gasteiger partial charge in [0.15, 0.2) is 11.6 Å². The summed E-state index contributed by atoms with van der Waals surface area (Å²) in [6, 6.07) is 10.4. The Morgan fingerprint density at radius 3 is 2.59 bits per heavy atom. The molecule has 2 aromatic carbocycles. The summed E-state index contributed by atoms with van der Waals surface area (Å²) >= 11 is 0. The minimum atomic E-state index is -4.23. The number of carboxylic acids is 1. The van der Waals surface area contributed by atoms with Gasteiger partial charge in [0.1, 0.15) is 23.5 Å². The van der Waals surface area contributed by atoms with Crippen LogP contribution in [0.3, 0.4) is 0 Å². The van der Waals surface area contributed by atoms with Gasteiger partial charge in [0.05, 0.1) is 23.2 Å². The molecule has 260 valence electrons. The number of carbonyl (C=O) groups is 3. The molecule has 4 aliphatic carbocycles. The standard InChI is InChI=1S/C36H40N2O10S/c1-34-14-11-24(39)17-22(34)7-9-25-27-12-15-36(45,35(27,2)19-30(41)32(25)34)31(42)20-48-49(46,47)16-13-21-5-3-4-6-28(21)38-37-23-8-10-29(40)26(18-23)33(43)44/h3-6,8,10-11,14,17-18,25,27,30,32,40-41,45H,7,9,12-13,15-16,19-20H2,1-2H3,(H,43,44)/b38-37+. The Bertz CT molecular complexity index is 1900. The lowest BCUT2D eigenvalue weighted by Gasteiger charge is -2.59. The Kier molecular flexibility index (Phi) is 9.01. The number of Topliss-reactive ketones (excluding diaryl/α,β-unsaturated/α-hetero) is 1. The van der Waals surface area contributed by atoms with Gasteiger partial charge in [0.2, 0.25) is 0 Å². The monoisotopic (exact) mass is 692 g/mol. The van der Waals surface area contributed by atoms with Crippen LogP contribution in [0, 0.1) is 28.6 Å². The first-order valence-corrected chi connectivity index (χ1v) is 18.0. The lowest BCUT2D eigenvalue weighted by atomic mass is 9.46.